The maximum atomic E-state index is 3.36. The minimum Gasteiger partial charge on any atom is -0.316 e. The number of likely N-dealkylation sites (tertiary alicyclic amines) is 1. The Hall–Kier alpha value is -0.0800. The van der Waals surface area contributed by atoms with Gasteiger partial charge in [0.05, 0.1) is 0 Å². The number of nitrogens with one attached hydrogen (secondary N) is 1. The molecule has 0 aromatic heterocycles. The lowest BCUT2D eigenvalue weighted by Gasteiger charge is -2.37. The largest absolute Gasteiger partial charge is 0.316 e. The van der Waals surface area contributed by atoms with E-state index in [0.717, 1.165) is 12.0 Å². The van der Waals surface area contributed by atoms with Gasteiger partial charge in [0.15, 0.2) is 0 Å². The summed E-state index contributed by atoms with van der Waals surface area (Å²) in [6.45, 7) is 7.59. The highest BCUT2D eigenvalue weighted by Crippen LogP contribution is 2.21. The summed E-state index contributed by atoms with van der Waals surface area (Å²) in [5.41, 5.74) is 0. The van der Waals surface area contributed by atoms with Gasteiger partial charge in [-0.2, -0.15) is 0 Å². The third-order valence-electron chi connectivity index (χ3n) is 3.91. The van der Waals surface area contributed by atoms with E-state index in [4.69, 9.17) is 0 Å². The van der Waals surface area contributed by atoms with Gasteiger partial charge in [-0.25, -0.2) is 0 Å². The number of hydrogen-bond acceptors (Lipinski definition) is 2. The van der Waals surface area contributed by atoms with Gasteiger partial charge in [0, 0.05) is 6.04 Å². The summed E-state index contributed by atoms with van der Waals surface area (Å²) in [6, 6.07) is 0.900. The molecule has 0 aromatic rings. The van der Waals surface area contributed by atoms with Crippen molar-refractivity contribution in [3.8, 4) is 0 Å². The molecule has 14 heavy (non-hydrogen) atoms. The standard InChI is InChI=1S/C12H24N2/c1-2-12-5-3-4-7-14(12)8-6-11-9-13-10-11/h11-13H,2-10H2,1H3. The molecule has 2 fully saturated rings. The Bertz CT molecular complexity index is 166. The molecular weight excluding hydrogens is 172 g/mol. The topological polar surface area (TPSA) is 15.3 Å². The van der Waals surface area contributed by atoms with Crippen LogP contribution < -0.4 is 5.32 Å². The van der Waals surface area contributed by atoms with Crippen molar-refractivity contribution in [1.82, 2.24) is 10.2 Å². The molecule has 0 aliphatic carbocycles. The average molecular weight is 196 g/mol. The van der Waals surface area contributed by atoms with E-state index < -0.39 is 0 Å². The monoisotopic (exact) mass is 196 g/mol. The first-order valence-electron chi connectivity index (χ1n) is 6.35. The normalized spacial score (nSPS) is 30.2. The van der Waals surface area contributed by atoms with Crippen LogP contribution in [0.5, 0.6) is 0 Å². The molecule has 2 nitrogen and oxygen atoms in total. The van der Waals surface area contributed by atoms with Crippen molar-refractivity contribution in [3.05, 3.63) is 0 Å². The molecule has 0 spiro atoms. The predicted octanol–water partition coefficient (Wildman–Crippen LogP) is 1.86. The molecule has 1 N–H and O–H groups in total. The zero-order valence-corrected chi connectivity index (χ0v) is 9.47. The van der Waals surface area contributed by atoms with Gasteiger partial charge in [0.25, 0.3) is 0 Å². The van der Waals surface area contributed by atoms with Gasteiger partial charge in [-0.05, 0) is 57.8 Å². The minimum atomic E-state index is 0.900. The molecule has 2 aliphatic heterocycles. The molecule has 2 aliphatic rings. The minimum absolute atomic E-state index is 0.900. The summed E-state index contributed by atoms with van der Waals surface area (Å²) in [7, 11) is 0. The summed E-state index contributed by atoms with van der Waals surface area (Å²) in [6.07, 6.45) is 7.10. The summed E-state index contributed by atoms with van der Waals surface area (Å²) in [5, 5.41) is 3.36. The fourth-order valence-corrected chi connectivity index (χ4v) is 2.72. The lowest BCUT2D eigenvalue weighted by atomic mass is 9.96. The fourth-order valence-electron chi connectivity index (χ4n) is 2.72. The predicted molar refractivity (Wildman–Crippen MR) is 60.5 cm³/mol. The quantitative estimate of drug-likeness (QED) is 0.738. The lowest BCUT2D eigenvalue weighted by molar-refractivity contribution is 0.128. The van der Waals surface area contributed by atoms with Crippen LogP contribution >= 0.6 is 0 Å². The van der Waals surface area contributed by atoms with Crippen molar-refractivity contribution in [1.29, 1.82) is 0 Å². The van der Waals surface area contributed by atoms with E-state index in [1.807, 2.05) is 0 Å². The third kappa shape index (κ3) is 2.48. The maximum absolute atomic E-state index is 3.36. The average Bonchev–Trinajstić information content (AvgIpc) is 2.16. The molecular formula is C12H24N2. The van der Waals surface area contributed by atoms with E-state index in [2.05, 4.69) is 17.1 Å². The van der Waals surface area contributed by atoms with Gasteiger partial charge in [-0.3, -0.25) is 0 Å². The summed E-state index contributed by atoms with van der Waals surface area (Å²) < 4.78 is 0. The van der Waals surface area contributed by atoms with E-state index in [1.54, 1.807) is 0 Å². The number of nitrogens with zero attached hydrogens (tertiary/aromatic N) is 1. The Balaban J connectivity index is 1.70. The van der Waals surface area contributed by atoms with Gasteiger partial charge in [-0.15, -0.1) is 0 Å². The highest BCUT2D eigenvalue weighted by Gasteiger charge is 2.23. The highest BCUT2D eigenvalue weighted by molar-refractivity contribution is 4.80. The van der Waals surface area contributed by atoms with Crippen LogP contribution in [0.4, 0.5) is 0 Å². The summed E-state index contributed by atoms with van der Waals surface area (Å²) in [5.74, 6) is 0.981. The number of piperidine rings is 1. The Morgan fingerprint density at radius 1 is 1.29 bits per heavy atom. The van der Waals surface area contributed by atoms with E-state index >= 15 is 0 Å². The second kappa shape index (κ2) is 5.13. The van der Waals surface area contributed by atoms with Crippen molar-refractivity contribution < 1.29 is 0 Å². The molecule has 1 unspecified atom stereocenters. The lowest BCUT2D eigenvalue weighted by Crippen LogP contribution is -2.46. The molecule has 2 rings (SSSR count). The maximum Gasteiger partial charge on any atom is 0.00926 e. The second-order valence-corrected chi connectivity index (χ2v) is 4.91. The molecule has 0 saturated carbocycles. The molecule has 2 saturated heterocycles. The Morgan fingerprint density at radius 3 is 2.79 bits per heavy atom. The fraction of sp³-hybridized carbons (Fsp3) is 1.00. The van der Waals surface area contributed by atoms with E-state index in [1.165, 1.54) is 58.3 Å². The second-order valence-electron chi connectivity index (χ2n) is 4.91. The van der Waals surface area contributed by atoms with Crippen LogP contribution in [0.15, 0.2) is 0 Å². The number of rotatable bonds is 4. The van der Waals surface area contributed by atoms with Crippen molar-refractivity contribution in [2.75, 3.05) is 26.2 Å². The smallest absolute Gasteiger partial charge is 0.00926 e. The van der Waals surface area contributed by atoms with Gasteiger partial charge in [-0.1, -0.05) is 13.3 Å². The van der Waals surface area contributed by atoms with E-state index in [0.29, 0.717) is 0 Å². The van der Waals surface area contributed by atoms with Crippen LogP contribution in [0.3, 0.4) is 0 Å². The number of hydrogen-bond donors (Lipinski definition) is 1. The van der Waals surface area contributed by atoms with E-state index in [9.17, 15) is 0 Å². The van der Waals surface area contributed by atoms with Gasteiger partial charge >= 0.3 is 0 Å². The molecule has 0 radical (unpaired) electrons. The Kier molecular flexibility index (Phi) is 3.82. The first kappa shape index (κ1) is 10.4. The van der Waals surface area contributed by atoms with Crippen molar-refractivity contribution in [2.24, 2.45) is 5.92 Å². The van der Waals surface area contributed by atoms with Crippen molar-refractivity contribution in [2.45, 2.75) is 45.1 Å². The summed E-state index contributed by atoms with van der Waals surface area (Å²) in [4.78, 5) is 2.74. The van der Waals surface area contributed by atoms with Crippen LogP contribution in [0.2, 0.25) is 0 Å². The third-order valence-corrected chi connectivity index (χ3v) is 3.91. The highest BCUT2D eigenvalue weighted by atomic mass is 15.2. The molecule has 0 amide bonds. The van der Waals surface area contributed by atoms with Gasteiger partial charge < -0.3 is 10.2 Å². The van der Waals surface area contributed by atoms with Crippen molar-refractivity contribution >= 4 is 0 Å². The Labute approximate surface area is 88.1 Å². The molecule has 0 aromatic carbocycles. The van der Waals surface area contributed by atoms with Crippen LogP contribution in [0, 0.1) is 5.92 Å². The Morgan fingerprint density at radius 2 is 2.14 bits per heavy atom. The molecule has 0 bridgehead atoms. The zero-order valence-electron chi connectivity index (χ0n) is 9.47. The molecule has 1 atom stereocenters. The van der Waals surface area contributed by atoms with Crippen LogP contribution in [-0.4, -0.2) is 37.1 Å². The summed E-state index contributed by atoms with van der Waals surface area (Å²) >= 11 is 0. The zero-order chi connectivity index (χ0) is 9.80. The molecule has 2 heteroatoms. The van der Waals surface area contributed by atoms with Crippen LogP contribution in [-0.2, 0) is 0 Å². The first-order valence-corrected chi connectivity index (χ1v) is 6.35. The van der Waals surface area contributed by atoms with E-state index in [-0.39, 0.29) is 0 Å². The van der Waals surface area contributed by atoms with Gasteiger partial charge in [0.1, 0.15) is 0 Å². The van der Waals surface area contributed by atoms with Crippen LogP contribution in [0.25, 0.3) is 0 Å². The molecule has 2 heterocycles. The van der Waals surface area contributed by atoms with Gasteiger partial charge in [0.2, 0.25) is 0 Å². The van der Waals surface area contributed by atoms with Crippen LogP contribution in [0.1, 0.15) is 39.0 Å². The SMILES string of the molecule is CCC1CCCCN1CCC1CNC1. The first-order chi connectivity index (χ1) is 6.90. The molecule has 82 valence electrons. The van der Waals surface area contributed by atoms with Crippen molar-refractivity contribution in [3.63, 3.8) is 0 Å².